The van der Waals surface area contributed by atoms with E-state index in [1.807, 2.05) is 13.8 Å². The zero-order valence-electron chi connectivity index (χ0n) is 11.2. The van der Waals surface area contributed by atoms with Crippen LogP contribution in [0.3, 0.4) is 0 Å². The Morgan fingerprint density at radius 3 is 2.53 bits per heavy atom. The van der Waals surface area contributed by atoms with Gasteiger partial charge in [-0.2, -0.15) is 0 Å². The number of carbonyl (C=O) groups excluding carboxylic acids is 2. The molecule has 1 aromatic heterocycles. The number of hydrogen-bond acceptors (Lipinski definition) is 6. The number of nitrogens with zero attached hydrogens (tertiary/aromatic N) is 2. The normalized spacial score (nSPS) is 12.0. The minimum absolute atomic E-state index is 0.000147. The lowest BCUT2D eigenvalue weighted by Crippen LogP contribution is -2.42. The molecule has 1 atom stereocenters. The van der Waals surface area contributed by atoms with Crippen LogP contribution in [-0.4, -0.2) is 35.0 Å². The molecule has 1 heterocycles. The number of aromatic nitrogens is 2. The van der Waals surface area contributed by atoms with Crippen LogP contribution < -0.4 is 11.1 Å². The number of amides is 1. The van der Waals surface area contributed by atoms with Gasteiger partial charge >= 0.3 is 5.97 Å². The van der Waals surface area contributed by atoms with E-state index in [0.717, 1.165) is 0 Å². The predicted octanol–water partition coefficient (Wildman–Crippen LogP) is 0.376. The van der Waals surface area contributed by atoms with Crippen LogP contribution in [-0.2, 0) is 9.53 Å². The third-order valence-electron chi connectivity index (χ3n) is 2.44. The molecule has 0 aromatic carbocycles. The lowest BCUT2D eigenvalue weighted by molar-refractivity contribution is -0.143. The Morgan fingerprint density at radius 1 is 1.37 bits per heavy atom. The molecule has 3 N–H and O–H groups in total. The summed E-state index contributed by atoms with van der Waals surface area (Å²) in [7, 11) is 1.28. The largest absolute Gasteiger partial charge is 0.467 e. The van der Waals surface area contributed by atoms with Gasteiger partial charge < -0.3 is 15.8 Å². The summed E-state index contributed by atoms with van der Waals surface area (Å²) in [6.07, 6.45) is 3.22. The molecule has 104 valence electrons. The predicted molar refractivity (Wildman–Crippen MR) is 69.2 cm³/mol. The molecule has 0 spiro atoms. The van der Waals surface area contributed by atoms with Gasteiger partial charge in [0, 0.05) is 12.4 Å². The Bertz CT molecular complexity index is 462. The molecule has 19 heavy (non-hydrogen) atoms. The fraction of sp³-hybridized carbons (Fsp3) is 0.500. The van der Waals surface area contributed by atoms with E-state index in [4.69, 9.17) is 5.73 Å². The van der Waals surface area contributed by atoms with Crippen molar-refractivity contribution in [3.8, 4) is 0 Å². The van der Waals surface area contributed by atoms with Gasteiger partial charge in [0.25, 0.3) is 5.91 Å². The van der Waals surface area contributed by atoms with E-state index in [1.54, 1.807) is 0 Å². The van der Waals surface area contributed by atoms with E-state index in [1.165, 1.54) is 19.5 Å². The molecule has 0 radical (unpaired) electrons. The minimum atomic E-state index is -0.723. The first-order valence-corrected chi connectivity index (χ1v) is 5.90. The first-order valence-electron chi connectivity index (χ1n) is 5.90. The lowest BCUT2D eigenvalue weighted by Gasteiger charge is -2.18. The third-order valence-corrected chi connectivity index (χ3v) is 2.44. The summed E-state index contributed by atoms with van der Waals surface area (Å²) in [5, 5.41) is 2.56. The molecule has 1 aromatic rings. The molecule has 0 saturated carbocycles. The summed E-state index contributed by atoms with van der Waals surface area (Å²) >= 11 is 0. The molecule has 1 amide bonds. The molecule has 0 fully saturated rings. The summed E-state index contributed by atoms with van der Waals surface area (Å²) in [5.74, 6) is -0.789. The fourth-order valence-electron chi connectivity index (χ4n) is 1.58. The second-order valence-electron chi connectivity index (χ2n) is 4.47. The Balaban J connectivity index is 2.82. The number of carbonyl (C=O) groups is 2. The highest BCUT2D eigenvalue weighted by Crippen LogP contribution is 2.09. The van der Waals surface area contributed by atoms with Crippen LogP contribution in [0.4, 0.5) is 5.82 Å². The number of methoxy groups -OCH3 is 1. The van der Waals surface area contributed by atoms with Gasteiger partial charge in [-0.15, -0.1) is 0 Å². The molecular formula is C12H18N4O3. The van der Waals surface area contributed by atoms with Crippen LogP contribution in [0.2, 0.25) is 0 Å². The summed E-state index contributed by atoms with van der Waals surface area (Å²) in [6.45, 7) is 3.89. The topological polar surface area (TPSA) is 107 Å². The van der Waals surface area contributed by atoms with E-state index >= 15 is 0 Å². The first kappa shape index (κ1) is 14.9. The summed E-state index contributed by atoms with van der Waals surface area (Å²) in [6, 6.07) is -0.723. The first-order chi connectivity index (χ1) is 8.95. The van der Waals surface area contributed by atoms with Crippen molar-refractivity contribution in [1.82, 2.24) is 15.3 Å². The summed E-state index contributed by atoms with van der Waals surface area (Å²) in [5.41, 5.74) is 5.56. The summed E-state index contributed by atoms with van der Waals surface area (Å²) in [4.78, 5) is 31.2. The van der Waals surface area contributed by atoms with Crippen molar-refractivity contribution in [2.24, 2.45) is 5.92 Å². The molecule has 7 heteroatoms. The Morgan fingerprint density at radius 2 is 2.00 bits per heavy atom. The van der Waals surface area contributed by atoms with Crippen LogP contribution in [0, 0.1) is 5.92 Å². The average Bonchev–Trinajstić information content (AvgIpc) is 2.36. The average molecular weight is 266 g/mol. The van der Waals surface area contributed by atoms with E-state index < -0.39 is 17.9 Å². The maximum atomic E-state index is 12.0. The van der Waals surface area contributed by atoms with Gasteiger partial charge in [-0.25, -0.2) is 14.8 Å². The standard InChI is InChI=1S/C12H18N4O3/c1-7(2)6-8(12(18)19-3)16-11(17)9-10(13)15-5-4-14-9/h4-5,7-8H,6H2,1-3H3,(H2,13,15)(H,16,17). The molecule has 0 bridgehead atoms. The number of nitrogens with one attached hydrogen (secondary N) is 1. The fourth-order valence-corrected chi connectivity index (χ4v) is 1.58. The monoisotopic (exact) mass is 266 g/mol. The van der Waals surface area contributed by atoms with Crippen LogP contribution in [0.5, 0.6) is 0 Å². The lowest BCUT2D eigenvalue weighted by atomic mass is 10.0. The molecule has 0 saturated heterocycles. The Labute approximate surface area is 111 Å². The highest BCUT2D eigenvalue weighted by atomic mass is 16.5. The Kier molecular flexibility index (Phi) is 5.23. The number of nitrogen functional groups attached to an aromatic ring is 1. The van der Waals surface area contributed by atoms with Gasteiger partial charge in [-0.1, -0.05) is 13.8 Å². The molecular weight excluding hydrogens is 248 g/mol. The number of esters is 1. The van der Waals surface area contributed by atoms with Gasteiger partial charge in [0.1, 0.15) is 6.04 Å². The van der Waals surface area contributed by atoms with Crippen molar-refractivity contribution in [2.75, 3.05) is 12.8 Å². The quantitative estimate of drug-likeness (QED) is 0.746. The molecule has 7 nitrogen and oxygen atoms in total. The molecule has 0 aliphatic rings. The smallest absolute Gasteiger partial charge is 0.328 e. The minimum Gasteiger partial charge on any atom is -0.467 e. The maximum absolute atomic E-state index is 12.0. The molecule has 0 aliphatic heterocycles. The van der Waals surface area contributed by atoms with Gasteiger partial charge in [0.05, 0.1) is 7.11 Å². The number of rotatable bonds is 5. The number of anilines is 1. The van der Waals surface area contributed by atoms with Crippen LogP contribution in [0.15, 0.2) is 12.4 Å². The van der Waals surface area contributed by atoms with E-state index in [-0.39, 0.29) is 17.4 Å². The van der Waals surface area contributed by atoms with Gasteiger partial charge in [0.2, 0.25) is 0 Å². The highest BCUT2D eigenvalue weighted by molar-refractivity contribution is 5.98. The highest BCUT2D eigenvalue weighted by Gasteiger charge is 2.24. The second kappa shape index (κ2) is 6.67. The maximum Gasteiger partial charge on any atom is 0.328 e. The second-order valence-corrected chi connectivity index (χ2v) is 4.47. The van der Waals surface area contributed by atoms with Crippen LogP contribution in [0.1, 0.15) is 30.8 Å². The van der Waals surface area contributed by atoms with Crippen LogP contribution >= 0.6 is 0 Å². The zero-order valence-corrected chi connectivity index (χ0v) is 11.2. The number of hydrogen-bond donors (Lipinski definition) is 2. The number of nitrogens with two attached hydrogens (primary N) is 1. The molecule has 1 rings (SSSR count). The van der Waals surface area contributed by atoms with Crippen molar-refractivity contribution >= 4 is 17.7 Å². The van der Waals surface area contributed by atoms with Crippen molar-refractivity contribution in [1.29, 1.82) is 0 Å². The molecule has 0 aliphatic carbocycles. The van der Waals surface area contributed by atoms with Crippen LogP contribution in [0.25, 0.3) is 0 Å². The zero-order chi connectivity index (χ0) is 14.4. The van der Waals surface area contributed by atoms with E-state index in [2.05, 4.69) is 20.0 Å². The van der Waals surface area contributed by atoms with Crippen molar-refractivity contribution in [3.63, 3.8) is 0 Å². The molecule has 1 unspecified atom stereocenters. The SMILES string of the molecule is COC(=O)C(CC(C)C)NC(=O)c1nccnc1N. The van der Waals surface area contributed by atoms with Gasteiger partial charge in [-0.05, 0) is 12.3 Å². The van der Waals surface area contributed by atoms with Crippen molar-refractivity contribution in [2.45, 2.75) is 26.3 Å². The Hall–Kier alpha value is -2.18. The summed E-state index contributed by atoms with van der Waals surface area (Å²) < 4.78 is 4.66. The van der Waals surface area contributed by atoms with E-state index in [9.17, 15) is 9.59 Å². The van der Waals surface area contributed by atoms with Gasteiger partial charge in [0.15, 0.2) is 11.5 Å². The van der Waals surface area contributed by atoms with E-state index in [0.29, 0.717) is 6.42 Å². The van der Waals surface area contributed by atoms with Crippen molar-refractivity contribution < 1.29 is 14.3 Å². The number of ether oxygens (including phenoxy) is 1. The van der Waals surface area contributed by atoms with Crippen molar-refractivity contribution in [3.05, 3.63) is 18.1 Å². The van der Waals surface area contributed by atoms with Gasteiger partial charge in [-0.3, -0.25) is 4.79 Å². The third kappa shape index (κ3) is 4.20.